The molecule has 0 aromatic heterocycles. The van der Waals surface area contributed by atoms with Gasteiger partial charge in [-0.3, -0.25) is 0 Å². The van der Waals surface area contributed by atoms with E-state index >= 15 is 0 Å². The first-order valence-electron chi connectivity index (χ1n) is 15.7. The van der Waals surface area contributed by atoms with Gasteiger partial charge < -0.3 is 15.3 Å². The molecule has 6 rings (SSSR count). The summed E-state index contributed by atoms with van der Waals surface area (Å²) in [6, 6.07) is 47.9. The maximum Gasteiger partial charge on any atom is 0.123 e. The second-order valence-electron chi connectivity index (χ2n) is 11.7. The maximum atomic E-state index is 10.9. The molecule has 0 aliphatic rings. The molecule has 3 heteroatoms. The topological polar surface area (TPSA) is 60.7 Å². The van der Waals surface area contributed by atoms with Crippen LogP contribution in [0.2, 0.25) is 0 Å². The summed E-state index contributed by atoms with van der Waals surface area (Å²) in [6.07, 6.45) is 2.79. The smallest absolute Gasteiger partial charge is 0.123 e. The van der Waals surface area contributed by atoms with Crippen molar-refractivity contribution in [3.05, 3.63) is 162 Å². The van der Waals surface area contributed by atoms with E-state index in [0.29, 0.717) is 0 Å². The third-order valence-corrected chi connectivity index (χ3v) is 8.75. The fourth-order valence-corrected chi connectivity index (χ4v) is 6.41. The molecule has 0 bridgehead atoms. The zero-order chi connectivity index (χ0) is 31.2. The molecule has 0 saturated carbocycles. The van der Waals surface area contributed by atoms with Crippen molar-refractivity contribution in [2.45, 2.75) is 38.0 Å². The Morgan fingerprint density at radius 1 is 0.444 bits per heavy atom. The lowest BCUT2D eigenvalue weighted by Gasteiger charge is -2.27. The highest BCUT2D eigenvalue weighted by atomic mass is 16.3. The molecule has 0 spiro atoms. The highest BCUT2D eigenvalue weighted by Crippen LogP contribution is 2.43. The second-order valence-corrected chi connectivity index (χ2v) is 11.7. The van der Waals surface area contributed by atoms with Gasteiger partial charge in [0, 0.05) is 22.6 Å². The molecule has 0 fully saturated rings. The standard InChI is InChI=1S/C42H38O3/c1-2-12-32(33-19-22-40(43)37(26-33)29-13-6-3-7-14-29)25-36(34-20-23-41(44)38(27-34)30-15-8-4-9-16-30)35-21-24-42(45)39(28-35)31-17-10-5-11-18-31/h3-11,13-24,26-28,32,36,43-45H,2,12,25H2,1H3. The lowest BCUT2D eigenvalue weighted by Crippen LogP contribution is -2.09. The van der Waals surface area contributed by atoms with Gasteiger partial charge in [0.25, 0.3) is 0 Å². The first-order valence-corrected chi connectivity index (χ1v) is 15.7. The number of phenolic OH excluding ortho intramolecular Hbond substituents is 3. The second kappa shape index (κ2) is 13.6. The van der Waals surface area contributed by atoms with Crippen molar-refractivity contribution in [3.8, 4) is 50.6 Å². The number of rotatable bonds is 10. The van der Waals surface area contributed by atoms with Crippen LogP contribution in [0, 0.1) is 0 Å². The largest absolute Gasteiger partial charge is 0.507 e. The molecule has 0 heterocycles. The summed E-state index contributed by atoms with van der Waals surface area (Å²) >= 11 is 0. The molecule has 6 aromatic rings. The van der Waals surface area contributed by atoms with Crippen molar-refractivity contribution >= 4 is 0 Å². The summed E-state index contributed by atoms with van der Waals surface area (Å²) in [4.78, 5) is 0. The van der Waals surface area contributed by atoms with Crippen LogP contribution >= 0.6 is 0 Å². The van der Waals surface area contributed by atoms with Crippen molar-refractivity contribution in [1.82, 2.24) is 0 Å². The van der Waals surface area contributed by atoms with E-state index in [9.17, 15) is 15.3 Å². The van der Waals surface area contributed by atoms with Gasteiger partial charge in [-0.2, -0.15) is 0 Å². The van der Waals surface area contributed by atoms with Gasteiger partial charge in [-0.05, 0) is 88.5 Å². The summed E-state index contributed by atoms with van der Waals surface area (Å²) in [7, 11) is 0. The molecule has 224 valence electrons. The third kappa shape index (κ3) is 6.63. The number of phenols is 3. The van der Waals surface area contributed by atoms with E-state index in [1.54, 1.807) is 12.1 Å². The summed E-state index contributed by atoms with van der Waals surface area (Å²) in [5, 5.41) is 32.7. The molecule has 3 nitrogen and oxygen atoms in total. The Morgan fingerprint density at radius 3 is 1.18 bits per heavy atom. The number of aromatic hydroxyl groups is 3. The molecular formula is C42H38O3. The molecule has 0 saturated heterocycles. The minimum Gasteiger partial charge on any atom is -0.507 e. The number of hydrogen-bond donors (Lipinski definition) is 3. The highest BCUT2D eigenvalue weighted by molar-refractivity contribution is 5.73. The van der Waals surface area contributed by atoms with E-state index in [4.69, 9.17) is 0 Å². The highest BCUT2D eigenvalue weighted by Gasteiger charge is 2.24. The molecule has 45 heavy (non-hydrogen) atoms. The SMILES string of the molecule is CCCC(CC(c1ccc(O)c(-c2ccccc2)c1)c1ccc(O)c(-c2ccccc2)c1)c1ccc(O)c(-c2ccccc2)c1. The Balaban J connectivity index is 1.47. The van der Waals surface area contributed by atoms with Gasteiger partial charge in [-0.1, -0.05) is 123 Å². The van der Waals surface area contributed by atoms with Crippen molar-refractivity contribution in [2.75, 3.05) is 0 Å². The van der Waals surface area contributed by atoms with Crippen molar-refractivity contribution in [2.24, 2.45) is 0 Å². The number of benzene rings is 6. The van der Waals surface area contributed by atoms with Crippen LogP contribution in [0.15, 0.2) is 146 Å². The van der Waals surface area contributed by atoms with Crippen LogP contribution in [0.1, 0.15) is 54.7 Å². The van der Waals surface area contributed by atoms with Crippen molar-refractivity contribution in [1.29, 1.82) is 0 Å². The summed E-state index contributed by atoms with van der Waals surface area (Å²) in [5.41, 5.74) is 8.70. The van der Waals surface area contributed by atoms with Crippen molar-refractivity contribution < 1.29 is 15.3 Å². The Morgan fingerprint density at radius 2 is 0.800 bits per heavy atom. The molecular weight excluding hydrogens is 552 g/mol. The van der Waals surface area contributed by atoms with Gasteiger partial charge in [-0.15, -0.1) is 0 Å². The molecule has 3 N–H and O–H groups in total. The van der Waals surface area contributed by atoms with Crippen LogP contribution < -0.4 is 0 Å². The first-order chi connectivity index (χ1) is 22.0. The van der Waals surface area contributed by atoms with Crippen molar-refractivity contribution in [3.63, 3.8) is 0 Å². The van der Waals surface area contributed by atoms with Gasteiger partial charge >= 0.3 is 0 Å². The van der Waals surface area contributed by atoms with E-state index in [-0.39, 0.29) is 29.1 Å². The Hall–Kier alpha value is -5.28. The lowest BCUT2D eigenvalue weighted by molar-refractivity contribution is 0.475. The Labute approximate surface area is 265 Å². The fourth-order valence-electron chi connectivity index (χ4n) is 6.41. The van der Waals surface area contributed by atoms with E-state index in [2.05, 4.69) is 31.2 Å². The monoisotopic (exact) mass is 590 g/mol. The quantitative estimate of drug-likeness (QED) is 0.149. The Bertz CT molecular complexity index is 1780. The average molecular weight is 591 g/mol. The normalized spacial score (nSPS) is 11.9. The van der Waals surface area contributed by atoms with E-state index in [1.807, 2.05) is 109 Å². The number of hydrogen-bond acceptors (Lipinski definition) is 3. The van der Waals surface area contributed by atoms with Gasteiger partial charge in [0.1, 0.15) is 17.2 Å². The zero-order valence-corrected chi connectivity index (χ0v) is 25.5. The molecule has 0 radical (unpaired) electrons. The van der Waals surface area contributed by atoms with Crippen LogP contribution in [0.3, 0.4) is 0 Å². The predicted octanol–water partition coefficient (Wildman–Crippen LogP) is 10.9. The fraction of sp³-hybridized carbons (Fsp3) is 0.143. The minimum absolute atomic E-state index is 0.0262. The lowest BCUT2D eigenvalue weighted by atomic mass is 9.78. The van der Waals surface area contributed by atoms with Crippen LogP contribution in [0.25, 0.3) is 33.4 Å². The molecule has 0 aliphatic heterocycles. The zero-order valence-electron chi connectivity index (χ0n) is 25.5. The van der Waals surface area contributed by atoms with Crippen LogP contribution in [-0.2, 0) is 0 Å². The molecule has 1 atom stereocenters. The van der Waals surface area contributed by atoms with Gasteiger partial charge in [-0.25, -0.2) is 0 Å². The van der Waals surface area contributed by atoms with Crippen LogP contribution in [-0.4, -0.2) is 15.3 Å². The summed E-state index contributed by atoms with van der Waals surface area (Å²) in [5.74, 6) is 0.938. The average Bonchev–Trinajstić information content (AvgIpc) is 3.09. The van der Waals surface area contributed by atoms with Gasteiger partial charge in [0.2, 0.25) is 0 Å². The van der Waals surface area contributed by atoms with E-state index in [1.165, 1.54) is 5.56 Å². The minimum atomic E-state index is -0.0262. The van der Waals surface area contributed by atoms with E-state index in [0.717, 1.165) is 63.8 Å². The van der Waals surface area contributed by atoms with E-state index < -0.39 is 0 Å². The summed E-state index contributed by atoms with van der Waals surface area (Å²) in [6.45, 7) is 2.21. The first kappa shape index (κ1) is 29.8. The molecule has 0 amide bonds. The maximum absolute atomic E-state index is 10.9. The summed E-state index contributed by atoms with van der Waals surface area (Å²) < 4.78 is 0. The Kier molecular flexibility index (Phi) is 8.98. The van der Waals surface area contributed by atoms with Gasteiger partial charge in [0.15, 0.2) is 0 Å². The molecule has 0 aliphatic carbocycles. The van der Waals surface area contributed by atoms with Gasteiger partial charge in [0.05, 0.1) is 0 Å². The van der Waals surface area contributed by atoms with Crippen LogP contribution in [0.4, 0.5) is 0 Å². The van der Waals surface area contributed by atoms with Crippen LogP contribution in [0.5, 0.6) is 17.2 Å². The molecule has 6 aromatic carbocycles. The molecule has 1 unspecified atom stereocenters. The third-order valence-electron chi connectivity index (χ3n) is 8.75. The predicted molar refractivity (Wildman–Crippen MR) is 185 cm³/mol.